The van der Waals surface area contributed by atoms with E-state index in [0.717, 1.165) is 25.9 Å². The van der Waals surface area contributed by atoms with E-state index in [-0.39, 0.29) is 12.1 Å². The average Bonchev–Trinajstić information content (AvgIpc) is 2.26. The Labute approximate surface area is 97.4 Å². The molecule has 5 heteroatoms. The largest absolute Gasteiger partial charge is 0.392 e. The van der Waals surface area contributed by atoms with Gasteiger partial charge in [-0.05, 0) is 19.8 Å². The van der Waals surface area contributed by atoms with Crippen LogP contribution in [-0.2, 0) is 0 Å². The van der Waals surface area contributed by atoms with Gasteiger partial charge in [0.15, 0.2) is 0 Å². The molecule has 1 rings (SSSR count). The molecule has 0 aromatic heterocycles. The molecule has 0 aromatic rings. The van der Waals surface area contributed by atoms with E-state index in [4.69, 9.17) is 5.11 Å². The second kappa shape index (κ2) is 6.06. The van der Waals surface area contributed by atoms with Crippen LogP contribution in [0.25, 0.3) is 0 Å². The molecule has 0 aliphatic carbocycles. The summed E-state index contributed by atoms with van der Waals surface area (Å²) in [6, 6.07) is 0.523. The average molecular weight is 229 g/mol. The van der Waals surface area contributed by atoms with Gasteiger partial charge in [-0.15, -0.1) is 0 Å². The number of amides is 2. The van der Waals surface area contributed by atoms with Gasteiger partial charge in [0, 0.05) is 39.8 Å². The van der Waals surface area contributed by atoms with Crippen LogP contribution in [0.1, 0.15) is 19.8 Å². The molecule has 2 N–H and O–H groups in total. The Bertz CT molecular complexity index is 223. The minimum Gasteiger partial charge on any atom is -0.392 e. The summed E-state index contributed by atoms with van der Waals surface area (Å²) in [5.41, 5.74) is 0. The van der Waals surface area contributed by atoms with Crippen molar-refractivity contribution in [2.24, 2.45) is 0 Å². The topological polar surface area (TPSA) is 55.8 Å². The van der Waals surface area contributed by atoms with Crippen LogP contribution in [0.4, 0.5) is 4.79 Å². The minimum absolute atomic E-state index is 0.0916. The Morgan fingerprint density at radius 2 is 2.06 bits per heavy atom. The molecule has 0 saturated carbocycles. The first kappa shape index (κ1) is 13.3. The van der Waals surface area contributed by atoms with Crippen LogP contribution in [-0.4, -0.2) is 66.8 Å². The highest BCUT2D eigenvalue weighted by Gasteiger charge is 2.23. The first-order chi connectivity index (χ1) is 7.50. The molecule has 16 heavy (non-hydrogen) atoms. The second-order valence-electron chi connectivity index (χ2n) is 4.70. The summed E-state index contributed by atoms with van der Waals surface area (Å²) >= 11 is 0. The molecule has 0 bridgehead atoms. The van der Waals surface area contributed by atoms with Gasteiger partial charge < -0.3 is 20.2 Å². The number of rotatable bonds is 3. The normalized spacial score (nSPS) is 19.6. The van der Waals surface area contributed by atoms with Crippen LogP contribution in [0.2, 0.25) is 0 Å². The van der Waals surface area contributed by atoms with Gasteiger partial charge in [-0.3, -0.25) is 0 Å². The number of aliphatic hydroxyl groups is 1. The number of carbonyl (C=O) groups excluding carboxylic acids is 1. The maximum absolute atomic E-state index is 11.7. The number of hydrogen-bond donors (Lipinski definition) is 2. The van der Waals surface area contributed by atoms with Gasteiger partial charge in [0.1, 0.15) is 0 Å². The predicted molar refractivity (Wildman–Crippen MR) is 63.4 cm³/mol. The van der Waals surface area contributed by atoms with Crippen molar-refractivity contribution in [1.29, 1.82) is 0 Å². The summed E-state index contributed by atoms with van der Waals surface area (Å²) in [5, 5.41) is 12.5. The van der Waals surface area contributed by atoms with E-state index in [0.29, 0.717) is 12.6 Å². The second-order valence-corrected chi connectivity index (χ2v) is 4.70. The van der Waals surface area contributed by atoms with Crippen molar-refractivity contribution in [1.82, 2.24) is 15.1 Å². The highest BCUT2D eigenvalue weighted by atomic mass is 16.3. The monoisotopic (exact) mass is 229 g/mol. The Morgan fingerprint density at radius 1 is 1.50 bits per heavy atom. The van der Waals surface area contributed by atoms with E-state index in [1.165, 1.54) is 0 Å². The maximum Gasteiger partial charge on any atom is 0.319 e. The van der Waals surface area contributed by atoms with Crippen LogP contribution in [0.15, 0.2) is 0 Å². The van der Waals surface area contributed by atoms with E-state index in [9.17, 15) is 4.79 Å². The molecule has 1 atom stereocenters. The van der Waals surface area contributed by atoms with Crippen molar-refractivity contribution in [3.05, 3.63) is 0 Å². The minimum atomic E-state index is -0.304. The lowest BCUT2D eigenvalue weighted by atomic mass is 10.1. The van der Waals surface area contributed by atoms with Crippen LogP contribution in [0.3, 0.4) is 0 Å². The van der Waals surface area contributed by atoms with Crippen molar-refractivity contribution in [2.45, 2.75) is 31.9 Å². The summed E-state index contributed by atoms with van der Waals surface area (Å²) < 4.78 is 0. The summed E-state index contributed by atoms with van der Waals surface area (Å²) in [6.07, 6.45) is 1.62. The summed E-state index contributed by atoms with van der Waals surface area (Å²) in [7, 11) is 3.56. The van der Waals surface area contributed by atoms with Gasteiger partial charge in [0.25, 0.3) is 0 Å². The van der Waals surface area contributed by atoms with Gasteiger partial charge in [-0.25, -0.2) is 4.79 Å². The van der Waals surface area contributed by atoms with Gasteiger partial charge >= 0.3 is 6.03 Å². The van der Waals surface area contributed by atoms with E-state index < -0.39 is 0 Å². The van der Waals surface area contributed by atoms with Crippen LogP contribution in [0, 0.1) is 0 Å². The zero-order valence-corrected chi connectivity index (χ0v) is 10.4. The standard InChI is InChI=1S/C11H23N3O2/c1-9(15)8-12-10-4-6-14(7-5-10)11(16)13(2)3/h9-10,12,15H,4-8H2,1-3H3. The molecule has 1 aliphatic rings. The quantitative estimate of drug-likeness (QED) is 0.722. The fraction of sp³-hybridized carbons (Fsp3) is 0.909. The smallest absolute Gasteiger partial charge is 0.319 e. The zero-order chi connectivity index (χ0) is 12.1. The molecule has 0 radical (unpaired) electrons. The Balaban J connectivity index is 2.26. The third kappa shape index (κ3) is 3.98. The fourth-order valence-corrected chi connectivity index (χ4v) is 1.89. The van der Waals surface area contributed by atoms with Gasteiger partial charge in [-0.1, -0.05) is 0 Å². The third-order valence-electron chi connectivity index (χ3n) is 2.85. The molecule has 0 spiro atoms. The van der Waals surface area contributed by atoms with Gasteiger partial charge in [0.2, 0.25) is 0 Å². The summed E-state index contributed by atoms with van der Waals surface area (Å²) in [6.45, 7) is 4.01. The van der Waals surface area contributed by atoms with E-state index in [1.807, 2.05) is 4.90 Å². The summed E-state index contributed by atoms with van der Waals surface area (Å²) in [4.78, 5) is 15.2. The number of piperidine rings is 1. The lowest BCUT2D eigenvalue weighted by molar-refractivity contribution is 0.144. The highest BCUT2D eigenvalue weighted by molar-refractivity contribution is 5.73. The number of urea groups is 1. The number of likely N-dealkylation sites (tertiary alicyclic amines) is 1. The predicted octanol–water partition coefficient (Wildman–Crippen LogP) is 0.103. The number of nitrogens with one attached hydrogen (secondary N) is 1. The number of carbonyl (C=O) groups is 1. The van der Waals surface area contributed by atoms with Crippen molar-refractivity contribution in [2.75, 3.05) is 33.7 Å². The molecule has 0 aromatic carbocycles. The molecule has 2 amide bonds. The van der Waals surface area contributed by atoms with Gasteiger partial charge in [0.05, 0.1) is 6.10 Å². The maximum atomic E-state index is 11.7. The molecular formula is C11H23N3O2. The lowest BCUT2D eigenvalue weighted by Gasteiger charge is -2.34. The van der Waals surface area contributed by atoms with Crippen LogP contribution < -0.4 is 5.32 Å². The molecule has 1 heterocycles. The van der Waals surface area contributed by atoms with Crippen LogP contribution >= 0.6 is 0 Å². The lowest BCUT2D eigenvalue weighted by Crippen LogP contribution is -2.48. The Morgan fingerprint density at radius 3 is 2.50 bits per heavy atom. The van der Waals surface area contributed by atoms with Gasteiger partial charge in [-0.2, -0.15) is 0 Å². The first-order valence-corrected chi connectivity index (χ1v) is 5.88. The molecule has 5 nitrogen and oxygen atoms in total. The first-order valence-electron chi connectivity index (χ1n) is 5.88. The van der Waals surface area contributed by atoms with Crippen molar-refractivity contribution in [3.8, 4) is 0 Å². The molecule has 1 aliphatic heterocycles. The number of hydrogen-bond acceptors (Lipinski definition) is 3. The summed E-state index contributed by atoms with van der Waals surface area (Å²) in [5.74, 6) is 0. The van der Waals surface area contributed by atoms with Crippen molar-refractivity contribution in [3.63, 3.8) is 0 Å². The van der Waals surface area contributed by atoms with E-state index in [2.05, 4.69) is 5.32 Å². The molecule has 1 saturated heterocycles. The van der Waals surface area contributed by atoms with Crippen molar-refractivity contribution >= 4 is 6.03 Å². The van der Waals surface area contributed by atoms with E-state index in [1.54, 1.807) is 25.9 Å². The van der Waals surface area contributed by atoms with E-state index >= 15 is 0 Å². The SMILES string of the molecule is CC(O)CNC1CCN(C(=O)N(C)C)CC1. The molecule has 1 fully saturated rings. The van der Waals surface area contributed by atoms with Crippen LogP contribution in [0.5, 0.6) is 0 Å². The molecule has 1 unspecified atom stereocenters. The third-order valence-corrected chi connectivity index (χ3v) is 2.85. The molecular weight excluding hydrogens is 206 g/mol. The number of nitrogens with zero attached hydrogens (tertiary/aromatic N) is 2. The Kier molecular flexibility index (Phi) is 5.02. The highest BCUT2D eigenvalue weighted by Crippen LogP contribution is 2.11. The number of aliphatic hydroxyl groups excluding tert-OH is 1. The molecule has 94 valence electrons. The fourth-order valence-electron chi connectivity index (χ4n) is 1.89. The Hall–Kier alpha value is -0.810. The zero-order valence-electron chi connectivity index (χ0n) is 10.4. The van der Waals surface area contributed by atoms with Crippen molar-refractivity contribution < 1.29 is 9.90 Å².